The molecule has 376 valence electrons. The fraction of sp³-hybridized carbons (Fsp3) is 0.119. The number of phenolic OH excluding ortho intramolecular Hbond substituents is 13. The third-order valence-electron chi connectivity index (χ3n) is 15.4. The predicted molar refractivity (Wildman–Crippen MR) is 286 cm³/mol. The number of phenols is 13. The minimum atomic E-state index is -0.872. The maximum atomic E-state index is 11.9. The van der Waals surface area contributed by atoms with Crippen LogP contribution in [0.15, 0.2) is 70.0 Å². The van der Waals surface area contributed by atoms with Gasteiger partial charge >= 0.3 is 0 Å². The molecule has 0 saturated heterocycles. The van der Waals surface area contributed by atoms with Gasteiger partial charge in [0.15, 0.2) is 46.0 Å². The van der Waals surface area contributed by atoms with Crippen molar-refractivity contribution in [3.63, 3.8) is 0 Å². The first-order chi connectivity index (χ1) is 35.7. The maximum absolute atomic E-state index is 11.9. The van der Waals surface area contributed by atoms with Crippen molar-refractivity contribution in [1.82, 2.24) is 0 Å². The highest BCUT2D eigenvalue weighted by Crippen LogP contribution is 2.59. The van der Waals surface area contributed by atoms with E-state index in [1.807, 2.05) is 18.2 Å². The number of halogens is 1. The van der Waals surface area contributed by atoms with Gasteiger partial charge in [0.05, 0.1) is 10.6 Å². The summed E-state index contributed by atoms with van der Waals surface area (Å²) in [5.41, 5.74) is 3.65. The zero-order valence-electron chi connectivity index (χ0n) is 40.1. The van der Waals surface area contributed by atoms with Crippen molar-refractivity contribution < 1.29 is 75.2 Å². The lowest BCUT2D eigenvalue weighted by Crippen LogP contribution is -2.08. The van der Waals surface area contributed by atoms with Crippen LogP contribution >= 0.6 is 11.6 Å². The second kappa shape index (κ2) is 15.8. The van der Waals surface area contributed by atoms with Gasteiger partial charge in [-0.1, -0.05) is 49.4 Å². The fourth-order valence-electron chi connectivity index (χ4n) is 11.5. The Morgan fingerprint density at radius 3 is 1.81 bits per heavy atom. The number of hydrogen-bond acceptors (Lipinski definition) is 15. The molecule has 0 radical (unpaired) electrons. The van der Waals surface area contributed by atoms with Gasteiger partial charge < -0.3 is 75.2 Å². The summed E-state index contributed by atoms with van der Waals surface area (Å²) in [7, 11) is 0. The molecule has 0 aliphatic heterocycles. The van der Waals surface area contributed by atoms with Crippen LogP contribution in [0.1, 0.15) is 57.5 Å². The van der Waals surface area contributed by atoms with Crippen molar-refractivity contribution in [2.45, 2.75) is 46.5 Å². The molecule has 1 aliphatic rings. The van der Waals surface area contributed by atoms with Gasteiger partial charge in [0.2, 0.25) is 17.2 Å². The molecule has 75 heavy (non-hydrogen) atoms. The highest BCUT2D eigenvalue weighted by Gasteiger charge is 2.34. The second-order valence-corrected chi connectivity index (χ2v) is 19.5. The van der Waals surface area contributed by atoms with E-state index in [2.05, 4.69) is 6.58 Å². The standard InChI is InChI=1S/C59H43ClO15/c1-6-24-41(47(63)21(5)49(65)50(24)66)22-8-10-26-32-14-29-28(40-19(3)20(4)48(64)56(72)53(40)69)16-34-44-30(15-33-27-11-9-23(13-39(27)75-58(33)34)42-36(61)18-37(62)52(68)54(42)70)31(17-35(43(29)44)59(32)74-38(26)12-22)45-46(60)25(7-2)51(67)57(73)55(45)71/h7-11,13-18,22,61-73H,2,6,12H2,1,3-5H3. The monoisotopic (exact) mass is 1030 g/mol. The molecular formula is C59H43ClO15. The molecule has 0 fully saturated rings. The summed E-state index contributed by atoms with van der Waals surface area (Å²) in [6, 6.07) is 12.8. The van der Waals surface area contributed by atoms with Crippen LogP contribution in [0.25, 0.3) is 111 Å². The zero-order chi connectivity index (χ0) is 53.3. The van der Waals surface area contributed by atoms with E-state index in [9.17, 15) is 66.4 Å². The largest absolute Gasteiger partial charge is 0.507 e. The smallest absolute Gasteiger partial charge is 0.201 e. The van der Waals surface area contributed by atoms with Gasteiger partial charge in [0.25, 0.3) is 0 Å². The van der Waals surface area contributed by atoms with E-state index in [-0.39, 0.29) is 85.0 Å². The normalized spacial score (nSPS) is 13.7. The molecule has 9 aromatic carbocycles. The lowest BCUT2D eigenvalue weighted by Gasteiger charge is -2.23. The van der Waals surface area contributed by atoms with Crippen LogP contribution in [0.5, 0.6) is 74.7 Å². The summed E-state index contributed by atoms with van der Waals surface area (Å²) >= 11 is 7.14. The molecule has 2 aromatic heterocycles. The van der Waals surface area contributed by atoms with E-state index >= 15 is 0 Å². The minimum Gasteiger partial charge on any atom is -0.507 e. The van der Waals surface area contributed by atoms with Crippen molar-refractivity contribution in [3.05, 3.63) is 111 Å². The SMILES string of the molecule is C=Cc1c(O)c(O)c(O)c(-c2cc3c4oc5c(c4cc4c(-c6c(C)c(C)c(O)c(O)c6O)cc6c7oc8cc(-c9c(O)cc(O)c(O)c9O)ccc8c7cc2c6c43)C=CC(c2c(O)c(C)c(O)c(O)c2CC)C5)c1Cl. The van der Waals surface area contributed by atoms with Gasteiger partial charge in [-0.25, -0.2) is 0 Å². The number of allylic oxidation sites excluding steroid dienone is 1. The molecule has 12 rings (SSSR count). The molecule has 1 aliphatic carbocycles. The lowest BCUT2D eigenvalue weighted by molar-refractivity contribution is 0.362. The van der Waals surface area contributed by atoms with Gasteiger partial charge in [-0.05, 0) is 102 Å². The van der Waals surface area contributed by atoms with E-state index in [1.165, 1.54) is 19.1 Å². The van der Waals surface area contributed by atoms with Crippen LogP contribution in [-0.4, -0.2) is 66.4 Å². The lowest BCUT2D eigenvalue weighted by atomic mass is 9.81. The molecule has 0 bridgehead atoms. The Kier molecular flexibility index (Phi) is 9.79. The summed E-state index contributed by atoms with van der Waals surface area (Å²) in [6.45, 7) is 10.4. The van der Waals surface area contributed by atoms with Crippen molar-refractivity contribution in [3.8, 4) is 108 Å². The highest BCUT2D eigenvalue weighted by atomic mass is 35.5. The van der Waals surface area contributed by atoms with Crippen LogP contribution in [0.2, 0.25) is 5.02 Å². The Bertz CT molecular complexity index is 4450. The molecule has 2 heterocycles. The zero-order valence-corrected chi connectivity index (χ0v) is 40.8. The molecule has 11 aromatic rings. The first-order valence-corrected chi connectivity index (χ1v) is 23.9. The molecule has 1 unspecified atom stereocenters. The maximum Gasteiger partial charge on any atom is 0.201 e. The molecule has 15 nitrogen and oxygen atoms in total. The molecule has 16 heteroatoms. The summed E-state index contributed by atoms with van der Waals surface area (Å²) in [6.07, 6.45) is 5.41. The number of fused-ring (bicyclic) bond motifs is 8. The van der Waals surface area contributed by atoms with E-state index in [1.54, 1.807) is 51.1 Å². The van der Waals surface area contributed by atoms with Gasteiger partial charge in [0.1, 0.15) is 34.0 Å². The number of hydrogen-bond donors (Lipinski definition) is 13. The minimum absolute atomic E-state index is 0.0824. The first kappa shape index (κ1) is 46.6. The van der Waals surface area contributed by atoms with Crippen LogP contribution in [0.3, 0.4) is 0 Å². The average Bonchev–Trinajstić information content (AvgIpc) is 4.05. The Labute approximate surface area is 428 Å². The van der Waals surface area contributed by atoms with E-state index in [0.29, 0.717) is 87.6 Å². The number of rotatable bonds is 6. The Hall–Kier alpha value is -9.47. The number of benzene rings is 9. The third-order valence-corrected chi connectivity index (χ3v) is 15.8. The topological polar surface area (TPSA) is 289 Å². The average molecular weight is 1030 g/mol. The molecule has 0 spiro atoms. The van der Waals surface area contributed by atoms with Crippen molar-refractivity contribution in [2.24, 2.45) is 0 Å². The highest BCUT2D eigenvalue weighted by molar-refractivity contribution is 6.40. The van der Waals surface area contributed by atoms with Gasteiger partial charge in [-0.3, -0.25) is 0 Å². The van der Waals surface area contributed by atoms with E-state index in [0.717, 1.165) is 6.07 Å². The second-order valence-electron chi connectivity index (χ2n) is 19.1. The summed E-state index contributed by atoms with van der Waals surface area (Å²) in [4.78, 5) is 0. The van der Waals surface area contributed by atoms with Crippen LogP contribution < -0.4 is 0 Å². The Morgan fingerprint density at radius 2 is 1.15 bits per heavy atom. The Balaban J connectivity index is 1.26. The van der Waals surface area contributed by atoms with Crippen LogP contribution in [-0.2, 0) is 12.8 Å². The molecule has 0 amide bonds. The molecule has 0 saturated carbocycles. The Morgan fingerprint density at radius 1 is 0.547 bits per heavy atom. The third kappa shape index (κ3) is 6.03. The van der Waals surface area contributed by atoms with Crippen molar-refractivity contribution >= 4 is 89.0 Å². The molecule has 13 N–H and O–H groups in total. The molecule has 1 atom stereocenters. The first-order valence-electron chi connectivity index (χ1n) is 23.6. The predicted octanol–water partition coefficient (Wildman–Crippen LogP) is 13.5. The quantitative estimate of drug-likeness (QED) is 0.0419. The van der Waals surface area contributed by atoms with Crippen LogP contribution in [0, 0.1) is 20.8 Å². The van der Waals surface area contributed by atoms with Crippen molar-refractivity contribution in [2.75, 3.05) is 0 Å². The number of aromatic hydroxyl groups is 13. The van der Waals surface area contributed by atoms with Gasteiger partial charge in [0, 0.05) is 95.1 Å². The van der Waals surface area contributed by atoms with E-state index in [4.69, 9.17) is 20.4 Å². The van der Waals surface area contributed by atoms with Gasteiger partial charge in [-0.15, -0.1) is 0 Å². The summed E-state index contributed by atoms with van der Waals surface area (Å²) < 4.78 is 13.7. The van der Waals surface area contributed by atoms with Gasteiger partial charge in [-0.2, -0.15) is 0 Å². The summed E-state index contributed by atoms with van der Waals surface area (Å²) in [5, 5.41) is 148. The van der Waals surface area contributed by atoms with E-state index < -0.39 is 69.2 Å². The van der Waals surface area contributed by atoms with Crippen LogP contribution in [0.4, 0.5) is 0 Å². The molecular weight excluding hydrogens is 984 g/mol. The summed E-state index contributed by atoms with van der Waals surface area (Å²) in [5.74, 6) is -8.14. The number of furan rings is 2. The fourth-order valence-corrected chi connectivity index (χ4v) is 11.9. The van der Waals surface area contributed by atoms with Crippen molar-refractivity contribution in [1.29, 1.82) is 0 Å².